The van der Waals surface area contributed by atoms with Crippen LogP contribution in [0.4, 0.5) is 5.69 Å². The number of fused-ring (bicyclic) bond motifs is 1. The van der Waals surface area contributed by atoms with Gasteiger partial charge in [-0.25, -0.2) is 0 Å². The van der Waals surface area contributed by atoms with Gasteiger partial charge < -0.3 is 19.7 Å². The van der Waals surface area contributed by atoms with Gasteiger partial charge >= 0.3 is 0 Å². The monoisotopic (exact) mass is 511 g/mol. The van der Waals surface area contributed by atoms with Crippen molar-refractivity contribution in [2.75, 3.05) is 13.7 Å². The van der Waals surface area contributed by atoms with Crippen molar-refractivity contribution in [1.82, 2.24) is 9.88 Å². The number of ether oxygens (including phenoxy) is 1. The number of carbonyl (C=O) groups excluding carboxylic acids is 2. The molecule has 3 aromatic carbocycles. The lowest BCUT2D eigenvalue weighted by molar-refractivity contribution is -0.384. The van der Waals surface area contributed by atoms with Crippen molar-refractivity contribution in [1.29, 1.82) is 0 Å². The first-order valence-electron chi connectivity index (χ1n) is 12.0. The Bertz CT molecular complexity index is 1590. The third kappa shape index (κ3) is 4.39. The number of nitro groups is 1. The molecule has 1 saturated heterocycles. The number of hydrogen-bond donors (Lipinski definition) is 2. The number of ketones is 1. The van der Waals surface area contributed by atoms with E-state index < -0.39 is 22.7 Å². The summed E-state index contributed by atoms with van der Waals surface area (Å²) in [5.41, 5.74) is 3.55. The highest BCUT2D eigenvalue weighted by molar-refractivity contribution is 6.46. The summed E-state index contributed by atoms with van der Waals surface area (Å²) < 4.78 is 5.34. The van der Waals surface area contributed by atoms with Gasteiger partial charge in [0, 0.05) is 41.3 Å². The molecule has 0 radical (unpaired) electrons. The standard InChI is InChI=1S/C29H25N3O6/c1-17-3-5-19(6-4-17)27(33)25-26(18-7-9-21(10-8-18)32(36)37)31(29(35)28(25)34)14-13-20-16-30-24-12-11-22(38-2)15-23(20)24/h3-12,15-16,26,30,33H,13-14H2,1-2H3/b27-25-. The summed E-state index contributed by atoms with van der Waals surface area (Å²) in [5, 5.41) is 23.3. The number of nitro benzene ring substituents is 1. The molecule has 2 heterocycles. The number of non-ortho nitro benzene ring substituents is 1. The minimum absolute atomic E-state index is 0.0479. The average molecular weight is 512 g/mol. The maximum Gasteiger partial charge on any atom is 0.295 e. The molecule has 0 spiro atoms. The van der Waals surface area contributed by atoms with Gasteiger partial charge in [-0.05, 0) is 54.8 Å². The number of Topliss-reactive ketones (excluding diaryl/α,β-unsaturated/α-hetero) is 1. The number of benzene rings is 3. The maximum absolute atomic E-state index is 13.3. The molecule has 1 aromatic heterocycles. The minimum atomic E-state index is -0.906. The largest absolute Gasteiger partial charge is 0.507 e. The van der Waals surface area contributed by atoms with E-state index in [1.54, 1.807) is 31.4 Å². The molecule has 9 heteroatoms. The van der Waals surface area contributed by atoms with Crippen molar-refractivity contribution in [2.45, 2.75) is 19.4 Å². The van der Waals surface area contributed by atoms with Crippen LogP contribution in [0.25, 0.3) is 16.7 Å². The molecule has 0 aliphatic carbocycles. The fourth-order valence-corrected chi connectivity index (χ4v) is 4.83. The fraction of sp³-hybridized carbons (Fsp3) is 0.172. The third-order valence-electron chi connectivity index (χ3n) is 6.88. The number of methoxy groups -OCH3 is 1. The Kier molecular flexibility index (Phi) is 6.42. The number of aliphatic hydroxyl groups excluding tert-OH is 1. The summed E-state index contributed by atoms with van der Waals surface area (Å²) in [6, 6.07) is 17.4. The Labute approximate surface area is 218 Å². The lowest BCUT2D eigenvalue weighted by atomic mass is 9.94. The van der Waals surface area contributed by atoms with Crippen LogP contribution < -0.4 is 4.74 Å². The van der Waals surface area contributed by atoms with E-state index in [1.165, 1.54) is 29.2 Å². The summed E-state index contributed by atoms with van der Waals surface area (Å²) in [4.78, 5) is 41.9. The smallest absolute Gasteiger partial charge is 0.295 e. The molecule has 1 unspecified atom stereocenters. The van der Waals surface area contributed by atoms with Gasteiger partial charge in [0.25, 0.3) is 17.4 Å². The Morgan fingerprint density at radius 2 is 1.79 bits per heavy atom. The highest BCUT2D eigenvalue weighted by Gasteiger charge is 2.46. The number of nitrogens with zero attached hydrogens (tertiary/aromatic N) is 2. The van der Waals surface area contributed by atoms with Gasteiger partial charge in [-0.2, -0.15) is 0 Å². The Balaban J connectivity index is 1.56. The number of nitrogens with one attached hydrogen (secondary N) is 1. The summed E-state index contributed by atoms with van der Waals surface area (Å²) in [6.45, 7) is 2.08. The van der Waals surface area contributed by atoms with Gasteiger partial charge in [-0.1, -0.05) is 29.8 Å². The predicted molar refractivity (Wildman–Crippen MR) is 142 cm³/mol. The van der Waals surface area contributed by atoms with Crippen molar-refractivity contribution in [3.8, 4) is 5.75 Å². The van der Waals surface area contributed by atoms with Gasteiger partial charge in [0.2, 0.25) is 0 Å². The summed E-state index contributed by atoms with van der Waals surface area (Å²) >= 11 is 0. The zero-order valence-corrected chi connectivity index (χ0v) is 20.8. The molecular formula is C29H25N3O6. The minimum Gasteiger partial charge on any atom is -0.507 e. The van der Waals surface area contributed by atoms with E-state index in [-0.39, 0.29) is 23.6 Å². The quantitative estimate of drug-likeness (QED) is 0.117. The van der Waals surface area contributed by atoms with Crippen LogP contribution in [-0.2, 0) is 16.0 Å². The number of aryl methyl sites for hydroxylation is 1. The lowest BCUT2D eigenvalue weighted by Crippen LogP contribution is -2.31. The highest BCUT2D eigenvalue weighted by atomic mass is 16.6. The van der Waals surface area contributed by atoms with E-state index in [4.69, 9.17) is 4.74 Å². The lowest BCUT2D eigenvalue weighted by Gasteiger charge is -2.25. The van der Waals surface area contributed by atoms with Gasteiger partial charge in [-0.3, -0.25) is 19.7 Å². The Morgan fingerprint density at radius 1 is 1.08 bits per heavy atom. The van der Waals surface area contributed by atoms with Crippen LogP contribution in [-0.4, -0.2) is 45.3 Å². The number of aliphatic hydroxyl groups is 1. The molecule has 4 aromatic rings. The van der Waals surface area contributed by atoms with Crippen molar-refractivity contribution >= 4 is 34.0 Å². The molecule has 38 heavy (non-hydrogen) atoms. The number of rotatable bonds is 7. The molecule has 1 atom stereocenters. The van der Waals surface area contributed by atoms with Crippen molar-refractivity contribution < 1.29 is 24.4 Å². The second-order valence-corrected chi connectivity index (χ2v) is 9.18. The van der Waals surface area contributed by atoms with E-state index in [2.05, 4.69) is 4.98 Å². The second kappa shape index (κ2) is 9.85. The van der Waals surface area contributed by atoms with Gasteiger partial charge in [0.1, 0.15) is 11.5 Å². The highest BCUT2D eigenvalue weighted by Crippen LogP contribution is 2.40. The molecule has 0 bridgehead atoms. The number of aromatic nitrogens is 1. The topological polar surface area (TPSA) is 126 Å². The van der Waals surface area contributed by atoms with E-state index in [0.29, 0.717) is 23.3 Å². The van der Waals surface area contributed by atoms with E-state index >= 15 is 0 Å². The zero-order valence-electron chi connectivity index (χ0n) is 20.8. The van der Waals surface area contributed by atoms with E-state index in [1.807, 2.05) is 31.3 Å². The summed E-state index contributed by atoms with van der Waals surface area (Å²) in [7, 11) is 1.59. The van der Waals surface area contributed by atoms with Crippen molar-refractivity contribution in [3.63, 3.8) is 0 Å². The maximum atomic E-state index is 13.3. The van der Waals surface area contributed by atoms with Crippen molar-refractivity contribution in [3.05, 3.63) is 111 Å². The first-order chi connectivity index (χ1) is 18.3. The number of hydrogen-bond acceptors (Lipinski definition) is 6. The molecule has 1 aliphatic heterocycles. The van der Waals surface area contributed by atoms with Gasteiger partial charge in [0.05, 0.1) is 23.6 Å². The molecule has 0 saturated carbocycles. The molecule has 5 rings (SSSR count). The van der Waals surface area contributed by atoms with Crippen molar-refractivity contribution in [2.24, 2.45) is 0 Å². The third-order valence-corrected chi connectivity index (χ3v) is 6.88. The van der Waals surface area contributed by atoms with Gasteiger partial charge in [0.15, 0.2) is 0 Å². The number of likely N-dealkylation sites (tertiary alicyclic amines) is 1. The molecule has 9 nitrogen and oxygen atoms in total. The van der Waals surface area contributed by atoms with E-state index in [9.17, 15) is 24.8 Å². The molecule has 1 aliphatic rings. The van der Waals surface area contributed by atoms with Crippen LogP contribution in [0.5, 0.6) is 5.75 Å². The molecule has 2 N–H and O–H groups in total. The zero-order chi connectivity index (χ0) is 27.0. The van der Waals surface area contributed by atoms with Crippen LogP contribution in [0.3, 0.4) is 0 Å². The molecule has 1 amide bonds. The van der Waals surface area contributed by atoms with Crippen LogP contribution in [0.2, 0.25) is 0 Å². The van der Waals surface area contributed by atoms with Gasteiger partial charge in [-0.15, -0.1) is 0 Å². The Hall–Kier alpha value is -4.92. The summed E-state index contributed by atoms with van der Waals surface area (Å²) in [5.74, 6) is -1.12. The van der Waals surface area contributed by atoms with Crippen LogP contribution >= 0.6 is 0 Å². The number of aromatic amines is 1. The molecule has 1 fully saturated rings. The van der Waals surface area contributed by atoms with Crippen LogP contribution in [0, 0.1) is 17.0 Å². The fourth-order valence-electron chi connectivity index (χ4n) is 4.83. The first kappa shape index (κ1) is 24.8. The second-order valence-electron chi connectivity index (χ2n) is 9.18. The molecular weight excluding hydrogens is 486 g/mol. The molecule has 192 valence electrons. The first-order valence-corrected chi connectivity index (χ1v) is 12.0. The SMILES string of the molecule is COc1ccc2[nH]cc(CCN3C(=O)C(=O)/C(=C(\O)c4ccc(C)cc4)C3c3ccc([N+](=O)[O-])cc3)c2c1. The van der Waals surface area contributed by atoms with E-state index in [0.717, 1.165) is 22.0 Å². The number of amides is 1. The number of carbonyl (C=O) groups is 2. The average Bonchev–Trinajstić information content (AvgIpc) is 3.44. The van der Waals surface area contributed by atoms with Crippen LogP contribution in [0.1, 0.15) is 28.3 Å². The summed E-state index contributed by atoms with van der Waals surface area (Å²) in [6.07, 6.45) is 2.28. The predicted octanol–water partition coefficient (Wildman–Crippen LogP) is 5.06. The Morgan fingerprint density at radius 3 is 2.45 bits per heavy atom. The van der Waals surface area contributed by atoms with Crippen LogP contribution in [0.15, 0.2) is 78.5 Å². The normalized spacial score (nSPS) is 16.8. The number of H-pyrrole nitrogens is 1.